The normalized spacial score (nSPS) is 16.9. The van der Waals surface area contributed by atoms with Gasteiger partial charge in [0.15, 0.2) is 0 Å². The second kappa shape index (κ2) is 9.16. The molecule has 0 aromatic heterocycles. The summed E-state index contributed by atoms with van der Waals surface area (Å²) in [6, 6.07) is 8.19. The Morgan fingerprint density at radius 2 is 1.77 bits per heavy atom. The SMILES string of the molecule is CC(C)c1ccc(NC(=O)CC(C)C2CCNCC2)cc1.Cl. The molecule has 1 aromatic carbocycles. The minimum absolute atomic E-state index is 0. The highest BCUT2D eigenvalue weighted by atomic mass is 35.5. The van der Waals surface area contributed by atoms with E-state index in [2.05, 4.69) is 43.5 Å². The van der Waals surface area contributed by atoms with Crippen LogP contribution >= 0.6 is 12.4 Å². The summed E-state index contributed by atoms with van der Waals surface area (Å²) in [5, 5.41) is 6.40. The molecule has 0 radical (unpaired) electrons. The maximum Gasteiger partial charge on any atom is 0.224 e. The minimum atomic E-state index is 0. The summed E-state index contributed by atoms with van der Waals surface area (Å²) in [4.78, 5) is 12.2. The zero-order chi connectivity index (χ0) is 15.2. The lowest BCUT2D eigenvalue weighted by atomic mass is 9.84. The van der Waals surface area contributed by atoms with Crippen LogP contribution in [0.25, 0.3) is 0 Å². The van der Waals surface area contributed by atoms with Crippen molar-refractivity contribution in [3.8, 4) is 0 Å². The number of carbonyl (C=O) groups excluding carboxylic acids is 1. The number of anilines is 1. The van der Waals surface area contributed by atoms with Crippen molar-refractivity contribution in [1.82, 2.24) is 5.32 Å². The number of rotatable bonds is 5. The first-order valence-electron chi connectivity index (χ1n) is 8.16. The van der Waals surface area contributed by atoms with E-state index in [1.807, 2.05) is 12.1 Å². The molecular weight excluding hydrogens is 296 g/mol. The molecule has 124 valence electrons. The number of nitrogens with one attached hydrogen (secondary N) is 2. The van der Waals surface area contributed by atoms with E-state index in [9.17, 15) is 4.79 Å². The van der Waals surface area contributed by atoms with Gasteiger partial charge in [0.25, 0.3) is 0 Å². The van der Waals surface area contributed by atoms with Crippen molar-refractivity contribution in [2.75, 3.05) is 18.4 Å². The van der Waals surface area contributed by atoms with Crippen molar-refractivity contribution in [3.05, 3.63) is 29.8 Å². The molecule has 0 saturated carbocycles. The molecule has 1 amide bonds. The maximum absolute atomic E-state index is 12.2. The molecule has 1 aliphatic heterocycles. The molecule has 1 atom stereocenters. The van der Waals surface area contributed by atoms with Crippen molar-refractivity contribution in [2.45, 2.75) is 46.0 Å². The van der Waals surface area contributed by atoms with Gasteiger partial charge in [-0.25, -0.2) is 0 Å². The highest BCUT2D eigenvalue weighted by Gasteiger charge is 2.21. The largest absolute Gasteiger partial charge is 0.326 e. The van der Waals surface area contributed by atoms with Crippen LogP contribution < -0.4 is 10.6 Å². The molecule has 0 aliphatic carbocycles. The van der Waals surface area contributed by atoms with E-state index in [1.165, 1.54) is 18.4 Å². The molecule has 2 rings (SSSR count). The van der Waals surface area contributed by atoms with Crippen LogP contribution in [0.3, 0.4) is 0 Å². The van der Waals surface area contributed by atoms with Crippen molar-refractivity contribution in [1.29, 1.82) is 0 Å². The van der Waals surface area contributed by atoms with Crippen LogP contribution in [0.5, 0.6) is 0 Å². The van der Waals surface area contributed by atoms with Gasteiger partial charge in [0.2, 0.25) is 5.91 Å². The number of hydrogen-bond donors (Lipinski definition) is 2. The third-order valence-corrected chi connectivity index (χ3v) is 4.56. The molecule has 3 nitrogen and oxygen atoms in total. The Kier molecular flexibility index (Phi) is 7.91. The summed E-state index contributed by atoms with van der Waals surface area (Å²) >= 11 is 0. The zero-order valence-electron chi connectivity index (χ0n) is 13.9. The van der Waals surface area contributed by atoms with Gasteiger partial charge in [0.1, 0.15) is 0 Å². The second-order valence-corrected chi connectivity index (χ2v) is 6.59. The molecule has 0 bridgehead atoms. The third kappa shape index (κ3) is 5.62. The minimum Gasteiger partial charge on any atom is -0.326 e. The van der Waals surface area contributed by atoms with E-state index >= 15 is 0 Å². The van der Waals surface area contributed by atoms with E-state index < -0.39 is 0 Å². The molecule has 1 heterocycles. The van der Waals surface area contributed by atoms with E-state index in [1.54, 1.807) is 0 Å². The summed E-state index contributed by atoms with van der Waals surface area (Å²) in [6.45, 7) is 8.74. The summed E-state index contributed by atoms with van der Waals surface area (Å²) < 4.78 is 0. The summed E-state index contributed by atoms with van der Waals surface area (Å²) in [7, 11) is 0. The fourth-order valence-electron chi connectivity index (χ4n) is 3.04. The van der Waals surface area contributed by atoms with E-state index in [0.29, 0.717) is 24.2 Å². The Labute approximate surface area is 140 Å². The van der Waals surface area contributed by atoms with Crippen LogP contribution in [0.2, 0.25) is 0 Å². The van der Waals surface area contributed by atoms with E-state index in [4.69, 9.17) is 0 Å². The van der Waals surface area contributed by atoms with E-state index in [-0.39, 0.29) is 18.3 Å². The first-order chi connectivity index (χ1) is 10.1. The average molecular weight is 325 g/mol. The second-order valence-electron chi connectivity index (χ2n) is 6.59. The number of halogens is 1. The molecule has 1 aliphatic rings. The van der Waals surface area contributed by atoms with Gasteiger partial charge in [-0.2, -0.15) is 0 Å². The van der Waals surface area contributed by atoms with Gasteiger partial charge in [0.05, 0.1) is 0 Å². The molecule has 2 N–H and O–H groups in total. The Morgan fingerprint density at radius 3 is 2.32 bits per heavy atom. The summed E-state index contributed by atoms with van der Waals surface area (Å²) in [5.74, 6) is 1.80. The maximum atomic E-state index is 12.2. The predicted molar refractivity (Wildman–Crippen MR) is 95.8 cm³/mol. The number of benzene rings is 1. The zero-order valence-corrected chi connectivity index (χ0v) is 14.7. The van der Waals surface area contributed by atoms with Gasteiger partial charge in [-0.15, -0.1) is 12.4 Å². The van der Waals surface area contributed by atoms with Gasteiger partial charge in [0, 0.05) is 12.1 Å². The van der Waals surface area contributed by atoms with Crippen LogP contribution in [-0.2, 0) is 4.79 Å². The van der Waals surface area contributed by atoms with Crippen LogP contribution in [0.15, 0.2) is 24.3 Å². The summed E-state index contributed by atoms with van der Waals surface area (Å²) in [6.07, 6.45) is 3.01. The third-order valence-electron chi connectivity index (χ3n) is 4.56. The lowest BCUT2D eigenvalue weighted by Gasteiger charge is -2.27. The van der Waals surface area contributed by atoms with Crippen molar-refractivity contribution in [3.63, 3.8) is 0 Å². The van der Waals surface area contributed by atoms with Gasteiger partial charge in [-0.1, -0.05) is 32.9 Å². The molecule has 1 aromatic rings. The summed E-state index contributed by atoms with van der Waals surface area (Å²) in [5.41, 5.74) is 2.21. The predicted octanol–water partition coefficient (Wildman–Crippen LogP) is 4.20. The Morgan fingerprint density at radius 1 is 1.18 bits per heavy atom. The Balaban J connectivity index is 0.00000242. The average Bonchev–Trinajstić information content (AvgIpc) is 2.48. The van der Waals surface area contributed by atoms with E-state index in [0.717, 1.165) is 18.8 Å². The highest BCUT2D eigenvalue weighted by molar-refractivity contribution is 5.90. The molecule has 1 fully saturated rings. The molecule has 1 unspecified atom stereocenters. The van der Waals surface area contributed by atoms with Crippen molar-refractivity contribution in [2.24, 2.45) is 11.8 Å². The Hall–Kier alpha value is -1.06. The van der Waals surface area contributed by atoms with Crippen molar-refractivity contribution >= 4 is 24.0 Å². The lowest BCUT2D eigenvalue weighted by Crippen LogP contribution is -2.32. The number of amides is 1. The Bertz CT molecular complexity index is 453. The molecule has 1 saturated heterocycles. The van der Waals surface area contributed by atoms with Crippen LogP contribution in [-0.4, -0.2) is 19.0 Å². The first kappa shape index (κ1) is 19.0. The van der Waals surface area contributed by atoms with Crippen LogP contribution in [0, 0.1) is 11.8 Å². The lowest BCUT2D eigenvalue weighted by molar-refractivity contribution is -0.117. The fraction of sp³-hybridized carbons (Fsp3) is 0.611. The number of hydrogen-bond acceptors (Lipinski definition) is 2. The highest BCUT2D eigenvalue weighted by Crippen LogP contribution is 2.25. The smallest absolute Gasteiger partial charge is 0.224 e. The number of piperidine rings is 1. The van der Waals surface area contributed by atoms with Gasteiger partial charge >= 0.3 is 0 Å². The number of carbonyl (C=O) groups is 1. The van der Waals surface area contributed by atoms with Crippen molar-refractivity contribution < 1.29 is 4.79 Å². The molecule has 0 spiro atoms. The molecule has 22 heavy (non-hydrogen) atoms. The molecular formula is C18H29ClN2O. The first-order valence-corrected chi connectivity index (χ1v) is 8.16. The van der Waals surface area contributed by atoms with Crippen LogP contribution in [0.4, 0.5) is 5.69 Å². The topological polar surface area (TPSA) is 41.1 Å². The quantitative estimate of drug-likeness (QED) is 0.852. The van der Waals surface area contributed by atoms with Gasteiger partial charge in [-0.05, 0) is 61.4 Å². The standard InChI is InChI=1S/C18H28N2O.ClH/c1-13(2)15-4-6-17(7-5-15)20-18(21)12-14(3)16-8-10-19-11-9-16;/h4-7,13-14,16,19H,8-12H2,1-3H3,(H,20,21);1H. The fourth-order valence-corrected chi connectivity index (χ4v) is 3.04. The van der Waals surface area contributed by atoms with Crippen LogP contribution in [0.1, 0.15) is 51.5 Å². The molecule has 4 heteroatoms. The van der Waals surface area contributed by atoms with Gasteiger partial charge in [-0.3, -0.25) is 4.79 Å². The monoisotopic (exact) mass is 324 g/mol. The van der Waals surface area contributed by atoms with Gasteiger partial charge < -0.3 is 10.6 Å².